The van der Waals surface area contributed by atoms with Crippen molar-refractivity contribution in [3.63, 3.8) is 0 Å². The smallest absolute Gasteiger partial charge is 0.237 e. The van der Waals surface area contributed by atoms with Crippen LogP contribution in [0.1, 0.15) is 44.1 Å². The average Bonchev–Trinajstić information content (AvgIpc) is 3.17. The van der Waals surface area contributed by atoms with Crippen LogP contribution in [0.25, 0.3) is 0 Å². The fourth-order valence-corrected chi connectivity index (χ4v) is 3.79. The Morgan fingerprint density at radius 1 is 1.22 bits per heavy atom. The fraction of sp³-hybridized carbons (Fsp3) is 0.611. The number of halogens is 1. The molecule has 0 bridgehead atoms. The van der Waals surface area contributed by atoms with Crippen molar-refractivity contribution >= 4 is 18.3 Å². The van der Waals surface area contributed by atoms with E-state index in [1.165, 1.54) is 18.4 Å². The standard InChI is InChI=1S/C18H27N3O.ClH/c1-13(18(22)20-15-9-5-6-10-15)21-11-16(17(19)12-21)14-7-3-2-4-8-14;/h2-4,7-8,13,15-17H,5-6,9-12,19H2,1H3,(H,20,22);1H/t13?,16-,17+;/m0./s1. The largest absolute Gasteiger partial charge is 0.352 e. The Balaban J connectivity index is 0.00000192. The third-order valence-corrected chi connectivity index (χ3v) is 5.25. The second kappa shape index (κ2) is 8.13. The number of carbonyl (C=O) groups excluding carboxylic acids is 1. The predicted molar refractivity (Wildman–Crippen MR) is 95.8 cm³/mol. The van der Waals surface area contributed by atoms with Crippen LogP contribution in [0, 0.1) is 0 Å². The van der Waals surface area contributed by atoms with E-state index in [9.17, 15) is 4.79 Å². The molecule has 3 N–H and O–H groups in total. The van der Waals surface area contributed by atoms with Gasteiger partial charge in [0.1, 0.15) is 0 Å². The Labute approximate surface area is 145 Å². The van der Waals surface area contributed by atoms with E-state index in [2.05, 4.69) is 34.5 Å². The lowest BCUT2D eigenvalue weighted by atomic mass is 9.95. The maximum absolute atomic E-state index is 12.4. The van der Waals surface area contributed by atoms with E-state index in [1.54, 1.807) is 0 Å². The van der Waals surface area contributed by atoms with Gasteiger partial charge < -0.3 is 11.1 Å². The van der Waals surface area contributed by atoms with Gasteiger partial charge in [0.05, 0.1) is 6.04 Å². The van der Waals surface area contributed by atoms with E-state index in [-0.39, 0.29) is 30.4 Å². The molecule has 2 aliphatic rings. The number of hydrogen-bond donors (Lipinski definition) is 2. The minimum atomic E-state index is -0.0969. The lowest BCUT2D eigenvalue weighted by molar-refractivity contribution is -0.126. The number of likely N-dealkylation sites (tertiary alicyclic amines) is 1. The Morgan fingerprint density at radius 3 is 2.52 bits per heavy atom. The summed E-state index contributed by atoms with van der Waals surface area (Å²) < 4.78 is 0. The number of hydrogen-bond acceptors (Lipinski definition) is 3. The van der Waals surface area contributed by atoms with Gasteiger partial charge in [0, 0.05) is 31.1 Å². The van der Waals surface area contributed by atoms with Crippen molar-refractivity contribution in [1.82, 2.24) is 10.2 Å². The summed E-state index contributed by atoms with van der Waals surface area (Å²) >= 11 is 0. The molecule has 4 nitrogen and oxygen atoms in total. The molecule has 1 aromatic rings. The van der Waals surface area contributed by atoms with Crippen molar-refractivity contribution in [1.29, 1.82) is 0 Å². The predicted octanol–water partition coefficient (Wildman–Crippen LogP) is 2.28. The number of nitrogens with one attached hydrogen (secondary N) is 1. The topological polar surface area (TPSA) is 58.4 Å². The number of nitrogens with zero attached hydrogens (tertiary/aromatic N) is 1. The molecule has 5 heteroatoms. The summed E-state index contributed by atoms with van der Waals surface area (Å²) in [6.45, 7) is 3.66. The van der Waals surface area contributed by atoms with Crippen molar-refractivity contribution in [3.05, 3.63) is 35.9 Å². The van der Waals surface area contributed by atoms with E-state index in [0.717, 1.165) is 25.9 Å². The maximum atomic E-state index is 12.4. The quantitative estimate of drug-likeness (QED) is 0.886. The van der Waals surface area contributed by atoms with Crippen LogP contribution in [0.3, 0.4) is 0 Å². The zero-order valence-corrected chi connectivity index (χ0v) is 14.6. The van der Waals surface area contributed by atoms with Crippen LogP contribution in [-0.2, 0) is 4.79 Å². The van der Waals surface area contributed by atoms with Crippen molar-refractivity contribution in [2.45, 2.75) is 56.7 Å². The van der Waals surface area contributed by atoms with Gasteiger partial charge in [-0.1, -0.05) is 43.2 Å². The molecule has 2 fully saturated rings. The van der Waals surface area contributed by atoms with Gasteiger partial charge in [-0.05, 0) is 25.3 Å². The van der Waals surface area contributed by atoms with Gasteiger partial charge in [-0.2, -0.15) is 0 Å². The molecule has 128 valence electrons. The first-order valence-corrected chi connectivity index (χ1v) is 8.50. The molecule has 1 unspecified atom stereocenters. The monoisotopic (exact) mass is 337 g/mol. The van der Waals surface area contributed by atoms with Crippen LogP contribution >= 0.6 is 12.4 Å². The summed E-state index contributed by atoms with van der Waals surface area (Å²) in [6, 6.07) is 10.8. The highest BCUT2D eigenvalue weighted by molar-refractivity contribution is 5.85. The lowest BCUT2D eigenvalue weighted by Gasteiger charge is -2.25. The zero-order chi connectivity index (χ0) is 15.5. The van der Waals surface area contributed by atoms with Gasteiger partial charge in [-0.3, -0.25) is 9.69 Å². The Kier molecular flexibility index (Phi) is 6.45. The molecule has 0 spiro atoms. The first-order chi connectivity index (χ1) is 10.6. The van der Waals surface area contributed by atoms with Gasteiger partial charge in [0.25, 0.3) is 0 Å². The van der Waals surface area contributed by atoms with Crippen LogP contribution in [0.15, 0.2) is 30.3 Å². The van der Waals surface area contributed by atoms with Gasteiger partial charge >= 0.3 is 0 Å². The highest BCUT2D eigenvalue weighted by atomic mass is 35.5. The zero-order valence-electron chi connectivity index (χ0n) is 13.8. The maximum Gasteiger partial charge on any atom is 0.237 e. The van der Waals surface area contributed by atoms with E-state index in [4.69, 9.17) is 5.73 Å². The molecule has 1 aliphatic heterocycles. The van der Waals surface area contributed by atoms with E-state index < -0.39 is 0 Å². The summed E-state index contributed by atoms with van der Waals surface area (Å²) in [7, 11) is 0. The molecule has 1 aliphatic carbocycles. The number of rotatable bonds is 4. The number of amides is 1. The van der Waals surface area contributed by atoms with Crippen LogP contribution in [-0.4, -0.2) is 42.0 Å². The minimum absolute atomic E-state index is 0. The van der Waals surface area contributed by atoms with Gasteiger partial charge in [-0.15, -0.1) is 12.4 Å². The van der Waals surface area contributed by atoms with Crippen LogP contribution in [0.4, 0.5) is 0 Å². The molecular weight excluding hydrogens is 310 g/mol. The van der Waals surface area contributed by atoms with E-state index in [1.807, 2.05) is 13.0 Å². The Bertz CT molecular complexity index is 504. The van der Waals surface area contributed by atoms with Gasteiger partial charge in [0.15, 0.2) is 0 Å². The van der Waals surface area contributed by atoms with Gasteiger partial charge in [-0.25, -0.2) is 0 Å². The molecule has 1 heterocycles. The summed E-state index contributed by atoms with van der Waals surface area (Å²) in [5.41, 5.74) is 7.61. The third kappa shape index (κ3) is 4.25. The third-order valence-electron chi connectivity index (χ3n) is 5.25. The summed E-state index contributed by atoms with van der Waals surface area (Å²) in [5.74, 6) is 0.482. The molecule has 0 radical (unpaired) electrons. The van der Waals surface area contributed by atoms with Crippen LogP contribution < -0.4 is 11.1 Å². The molecule has 1 amide bonds. The van der Waals surface area contributed by atoms with Crippen LogP contribution in [0.2, 0.25) is 0 Å². The fourth-order valence-electron chi connectivity index (χ4n) is 3.79. The molecule has 3 atom stereocenters. The number of carbonyl (C=O) groups is 1. The van der Waals surface area contributed by atoms with Crippen molar-refractivity contribution in [2.24, 2.45) is 5.73 Å². The molecular formula is C18H28ClN3O. The minimum Gasteiger partial charge on any atom is -0.352 e. The molecule has 1 saturated carbocycles. The summed E-state index contributed by atoms with van der Waals surface area (Å²) in [5, 5.41) is 3.20. The summed E-state index contributed by atoms with van der Waals surface area (Å²) in [4.78, 5) is 14.7. The van der Waals surface area contributed by atoms with Crippen molar-refractivity contribution < 1.29 is 4.79 Å². The van der Waals surface area contributed by atoms with Crippen LogP contribution in [0.5, 0.6) is 0 Å². The molecule has 1 aromatic carbocycles. The van der Waals surface area contributed by atoms with Crippen molar-refractivity contribution in [3.8, 4) is 0 Å². The molecule has 23 heavy (non-hydrogen) atoms. The highest BCUT2D eigenvalue weighted by Crippen LogP contribution is 2.27. The van der Waals surface area contributed by atoms with Crippen molar-refractivity contribution in [2.75, 3.05) is 13.1 Å². The summed E-state index contributed by atoms with van der Waals surface area (Å²) in [6.07, 6.45) is 4.74. The van der Waals surface area contributed by atoms with Gasteiger partial charge in [0.2, 0.25) is 5.91 Å². The highest BCUT2D eigenvalue weighted by Gasteiger charge is 2.36. The normalized spacial score (nSPS) is 26.7. The SMILES string of the molecule is CC(C(=O)NC1CCCC1)N1C[C@@H](N)[C@H](c2ccccc2)C1.Cl. The lowest BCUT2D eigenvalue weighted by Crippen LogP contribution is -2.47. The second-order valence-electron chi connectivity index (χ2n) is 6.80. The molecule has 1 saturated heterocycles. The number of benzene rings is 1. The van der Waals surface area contributed by atoms with E-state index in [0.29, 0.717) is 12.0 Å². The number of nitrogens with two attached hydrogens (primary N) is 1. The Hall–Kier alpha value is -1.10. The average molecular weight is 338 g/mol. The molecule has 0 aromatic heterocycles. The first-order valence-electron chi connectivity index (χ1n) is 8.50. The Morgan fingerprint density at radius 2 is 1.87 bits per heavy atom. The van der Waals surface area contributed by atoms with E-state index >= 15 is 0 Å². The first kappa shape index (κ1) is 18.2. The second-order valence-corrected chi connectivity index (χ2v) is 6.80. The molecule has 3 rings (SSSR count).